The molecule has 1 aromatic carbocycles. The van der Waals surface area contributed by atoms with Crippen molar-refractivity contribution in [2.24, 2.45) is 5.73 Å². The van der Waals surface area contributed by atoms with Crippen LogP contribution in [0.3, 0.4) is 0 Å². The first-order chi connectivity index (χ1) is 8.10. The zero-order valence-corrected chi connectivity index (χ0v) is 10.0. The predicted molar refractivity (Wildman–Crippen MR) is 69.0 cm³/mol. The molecule has 0 aliphatic rings. The molecule has 0 aliphatic heterocycles. The highest BCUT2D eigenvalue weighted by atomic mass is 16.3. The lowest BCUT2D eigenvalue weighted by Crippen LogP contribution is -2.28. The Morgan fingerprint density at radius 1 is 1.47 bits per heavy atom. The second kappa shape index (κ2) is 6.10. The standard InChI is InChI=1S/C12H19N3O2/c1-2-15(6-3-7-16)11-8-9(13)4-5-10(11)12(14)17/h4-5,8,16H,2-3,6-7,13H2,1H3,(H2,14,17). The molecule has 0 bridgehead atoms. The fourth-order valence-electron chi connectivity index (χ4n) is 1.73. The molecular weight excluding hydrogens is 218 g/mol. The van der Waals surface area contributed by atoms with Gasteiger partial charge >= 0.3 is 0 Å². The topological polar surface area (TPSA) is 92.6 Å². The normalized spacial score (nSPS) is 10.2. The van der Waals surface area contributed by atoms with Crippen molar-refractivity contribution in [3.05, 3.63) is 23.8 Å². The fourth-order valence-corrected chi connectivity index (χ4v) is 1.73. The number of nitrogens with zero attached hydrogens (tertiary/aromatic N) is 1. The van der Waals surface area contributed by atoms with Crippen LogP contribution in [0, 0.1) is 0 Å². The molecule has 0 spiro atoms. The van der Waals surface area contributed by atoms with Crippen molar-refractivity contribution in [1.29, 1.82) is 0 Å². The van der Waals surface area contributed by atoms with E-state index < -0.39 is 5.91 Å². The average Bonchev–Trinajstić information content (AvgIpc) is 2.29. The van der Waals surface area contributed by atoms with Gasteiger partial charge in [0.05, 0.1) is 11.3 Å². The quantitative estimate of drug-likeness (QED) is 0.631. The van der Waals surface area contributed by atoms with Gasteiger partial charge in [-0.2, -0.15) is 0 Å². The molecule has 1 rings (SSSR count). The summed E-state index contributed by atoms with van der Waals surface area (Å²) >= 11 is 0. The molecule has 5 nitrogen and oxygen atoms in total. The maximum absolute atomic E-state index is 11.3. The molecule has 0 heterocycles. The van der Waals surface area contributed by atoms with E-state index in [4.69, 9.17) is 16.6 Å². The summed E-state index contributed by atoms with van der Waals surface area (Å²) < 4.78 is 0. The number of primary amides is 1. The monoisotopic (exact) mass is 237 g/mol. The molecular formula is C12H19N3O2. The highest BCUT2D eigenvalue weighted by Gasteiger charge is 2.13. The molecule has 0 radical (unpaired) electrons. The molecule has 0 atom stereocenters. The number of hydrogen-bond donors (Lipinski definition) is 3. The highest BCUT2D eigenvalue weighted by molar-refractivity contribution is 5.99. The van der Waals surface area contributed by atoms with Crippen molar-refractivity contribution in [3.63, 3.8) is 0 Å². The number of carbonyl (C=O) groups is 1. The number of carbonyl (C=O) groups excluding carboxylic acids is 1. The smallest absolute Gasteiger partial charge is 0.250 e. The number of aliphatic hydroxyl groups excluding tert-OH is 1. The first-order valence-corrected chi connectivity index (χ1v) is 5.65. The summed E-state index contributed by atoms with van der Waals surface area (Å²) in [5, 5.41) is 8.85. The van der Waals surface area contributed by atoms with Crippen molar-refractivity contribution in [3.8, 4) is 0 Å². The molecule has 5 N–H and O–H groups in total. The largest absolute Gasteiger partial charge is 0.399 e. The van der Waals surface area contributed by atoms with E-state index in [1.165, 1.54) is 0 Å². The lowest BCUT2D eigenvalue weighted by Gasteiger charge is -2.25. The number of aliphatic hydroxyl groups is 1. The molecule has 0 saturated heterocycles. The van der Waals surface area contributed by atoms with Crippen molar-refractivity contribution in [2.45, 2.75) is 13.3 Å². The minimum atomic E-state index is -0.470. The van der Waals surface area contributed by atoms with E-state index in [-0.39, 0.29) is 6.61 Å². The van der Waals surface area contributed by atoms with Crippen LogP contribution in [0.1, 0.15) is 23.7 Å². The molecule has 0 saturated carbocycles. The lowest BCUT2D eigenvalue weighted by molar-refractivity contribution is 0.100. The summed E-state index contributed by atoms with van der Waals surface area (Å²) in [6.07, 6.45) is 0.640. The average molecular weight is 237 g/mol. The van der Waals surface area contributed by atoms with Gasteiger partial charge in [0, 0.05) is 25.4 Å². The van der Waals surface area contributed by atoms with Crippen LogP contribution in [0.15, 0.2) is 18.2 Å². The van der Waals surface area contributed by atoms with Gasteiger partial charge in [-0.1, -0.05) is 0 Å². The van der Waals surface area contributed by atoms with Crippen LogP contribution < -0.4 is 16.4 Å². The van der Waals surface area contributed by atoms with E-state index in [1.807, 2.05) is 11.8 Å². The molecule has 0 aromatic heterocycles. The Balaban J connectivity index is 3.06. The SMILES string of the molecule is CCN(CCCO)c1cc(N)ccc1C(N)=O. The fraction of sp³-hybridized carbons (Fsp3) is 0.417. The third-order valence-corrected chi connectivity index (χ3v) is 2.60. The van der Waals surface area contributed by atoms with Gasteiger partial charge in [0.1, 0.15) is 0 Å². The third kappa shape index (κ3) is 3.35. The molecule has 0 aliphatic carbocycles. The number of amides is 1. The molecule has 94 valence electrons. The number of nitrogens with two attached hydrogens (primary N) is 2. The minimum Gasteiger partial charge on any atom is -0.399 e. The van der Waals surface area contributed by atoms with E-state index in [0.29, 0.717) is 24.2 Å². The summed E-state index contributed by atoms with van der Waals surface area (Å²) in [6.45, 7) is 3.48. The van der Waals surface area contributed by atoms with Gasteiger partial charge in [-0.3, -0.25) is 4.79 Å². The van der Waals surface area contributed by atoms with Crippen LogP contribution in [0.5, 0.6) is 0 Å². The highest BCUT2D eigenvalue weighted by Crippen LogP contribution is 2.23. The summed E-state index contributed by atoms with van der Waals surface area (Å²) in [5.41, 5.74) is 12.8. The number of hydrogen-bond acceptors (Lipinski definition) is 4. The third-order valence-electron chi connectivity index (χ3n) is 2.60. The maximum Gasteiger partial charge on any atom is 0.250 e. The molecule has 0 unspecified atom stereocenters. The first-order valence-electron chi connectivity index (χ1n) is 5.65. The molecule has 1 aromatic rings. The Hall–Kier alpha value is -1.75. The Morgan fingerprint density at radius 3 is 2.71 bits per heavy atom. The Kier molecular flexibility index (Phi) is 4.78. The first kappa shape index (κ1) is 13.3. The van der Waals surface area contributed by atoms with Crippen LogP contribution in [0.4, 0.5) is 11.4 Å². The van der Waals surface area contributed by atoms with E-state index >= 15 is 0 Å². The van der Waals surface area contributed by atoms with Gasteiger partial charge < -0.3 is 21.5 Å². The Labute approximate surface area is 101 Å². The van der Waals surface area contributed by atoms with Gasteiger partial charge in [0.15, 0.2) is 0 Å². The summed E-state index contributed by atoms with van der Waals surface area (Å²) in [5.74, 6) is -0.470. The summed E-state index contributed by atoms with van der Waals surface area (Å²) in [4.78, 5) is 13.3. The van der Waals surface area contributed by atoms with Gasteiger partial charge in [0.2, 0.25) is 0 Å². The number of rotatable bonds is 6. The lowest BCUT2D eigenvalue weighted by atomic mass is 10.1. The van der Waals surface area contributed by atoms with Crippen LogP contribution in [-0.2, 0) is 0 Å². The van der Waals surface area contributed by atoms with Gasteiger partial charge in [-0.25, -0.2) is 0 Å². The van der Waals surface area contributed by atoms with Crippen LogP contribution in [0.25, 0.3) is 0 Å². The van der Waals surface area contributed by atoms with Gasteiger partial charge in [-0.15, -0.1) is 0 Å². The summed E-state index contributed by atoms with van der Waals surface area (Å²) in [7, 11) is 0. The molecule has 17 heavy (non-hydrogen) atoms. The second-order valence-electron chi connectivity index (χ2n) is 3.80. The van der Waals surface area contributed by atoms with Gasteiger partial charge in [-0.05, 0) is 31.5 Å². The van der Waals surface area contributed by atoms with Crippen molar-refractivity contribution >= 4 is 17.3 Å². The maximum atomic E-state index is 11.3. The number of anilines is 2. The molecule has 0 fully saturated rings. The zero-order valence-electron chi connectivity index (χ0n) is 10.0. The van der Waals surface area contributed by atoms with Crippen molar-refractivity contribution < 1.29 is 9.90 Å². The van der Waals surface area contributed by atoms with Gasteiger partial charge in [0.25, 0.3) is 5.91 Å². The van der Waals surface area contributed by atoms with E-state index in [2.05, 4.69) is 0 Å². The van der Waals surface area contributed by atoms with Crippen molar-refractivity contribution in [2.75, 3.05) is 30.3 Å². The molecule has 5 heteroatoms. The Bertz CT molecular complexity index is 393. The Morgan fingerprint density at radius 2 is 2.18 bits per heavy atom. The number of nitrogen functional groups attached to an aromatic ring is 1. The number of benzene rings is 1. The van der Waals surface area contributed by atoms with E-state index in [9.17, 15) is 4.79 Å². The summed E-state index contributed by atoms with van der Waals surface area (Å²) in [6, 6.07) is 5.03. The van der Waals surface area contributed by atoms with Crippen molar-refractivity contribution in [1.82, 2.24) is 0 Å². The minimum absolute atomic E-state index is 0.116. The van der Waals surface area contributed by atoms with E-state index in [0.717, 1.165) is 12.2 Å². The van der Waals surface area contributed by atoms with Crippen LogP contribution in [0.2, 0.25) is 0 Å². The van der Waals surface area contributed by atoms with Crippen LogP contribution >= 0.6 is 0 Å². The molecule has 1 amide bonds. The zero-order chi connectivity index (χ0) is 12.8. The predicted octanol–water partition coefficient (Wildman–Crippen LogP) is 0.576. The van der Waals surface area contributed by atoms with Crippen LogP contribution in [-0.4, -0.2) is 30.7 Å². The second-order valence-corrected chi connectivity index (χ2v) is 3.80. The van der Waals surface area contributed by atoms with E-state index in [1.54, 1.807) is 18.2 Å².